The van der Waals surface area contributed by atoms with Crippen LogP contribution in [-0.2, 0) is 4.79 Å². The van der Waals surface area contributed by atoms with Crippen LogP contribution in [0.2, 0.25) is 0 Å². The number of rotatable bonds is 3. The fourth-order valence-electron chi connectivity index (χ4n) is 1.47. The molecular weight excluding hydrogens is 126 g/mol. The van der Waals surface area contributed by atoms with E-state index in [-0.39, 0.29) is 0 Å². The van der Waals surface area contributed by atoms with Crippen LogP contribution in [0.5, 0.6) is 0 Å². The molecule has 1 aliphatic rings. The average molecular weight is 141 g/mol. The van der Waals surface area contributed by atoms with E-state index in [2.05, 4.69) is 11.8 Å². The molecule has 0 saturated carbocycles. The van der Waals surface area contributed by atoms with Crippen LogP contribution in [0, 0.1) is 0 Å². The molecule has 1 unspecified atom stereocenters. The van der Waals surface area contributed by atoms with Gasteiger partial charge < -0.3 is 9.69 Å². The van der Waals surface area contributed by atoms with Crippen molar-refractivity contribution in [1.82, 2.24) is 4.90 Å². The quantitative estimate of drug-likeness (QED) is 0.548. The minimum Gasteiger partial charge on any atom is -0.303 e. The number of carbonyl (C=O) groups excluding carboxylic acids is 1. The zero-order valence-electron chi connectivity index (χ0n) is 6.55. The molecule has 10 heavy (non-hydrogen) atoms. The molecule has 0 spiro atoms. The molecular formula is C8H15NO. The molecule has 1 rings (SSSR count). The van der Waals surface area contributed by atoms with E-state index < -0.39 is 0 Å². The van der Waals surface area contributed by atoms with Gasteiger partial charge in [0.25, 0.3) is 0 Å². The highest BCUT2D eigenvalue weighted by atomic mass is 16.1. The van der Waals surface area contributed by atoms with Crippen LogP contribution in [0.3, 0.4) is 0 Å². The fraction of sp³-hybridized carbons (Fsp3) is 0.875. The Morgan fingerprint density at radius 3 is 2.60 bits per heavy atom. The molecule has 1 aliphatic heterocycles. The van der Waals surface area contributed by atoms with Gasteiger partial charge in [0, 0.05) is 12.5 Å². The Kier molecular flexibility index (Phi) is 2.87. The van der Waals surface area contributed by atoms with Crippen molar-refractivity contribution in [2.75, 3.05) is 13.1 Å². The molecule has 1 fully saturated rings. The van der Waals surface area contributed by atoms with Gasteiger partial charge >= 0.3 is 0 Å². The van der Waals surface area contributed by atoms with E-state index in [0.29, 0.717) is 12.5 Å². The lowest BCUT2D eigenvalue weighted by molar-refractivity contribution is -0.108. The van der Waals surface area contributed by atoms with Gasteiger partial charge in [0.1, 0.15) is 6.29 Å². The lowest BCUT2D eigenvalue weighted by atomic mass is 10.2. The summed E-state index contributed by atoms with van der Waals surface area (Å²) in [6, 6.07) is 0.472. The minimum absolute atomic E-state index is 0.472. The molecule has 1 atom stereocenters. The Morgan fingerprint density at radius 1 is 1.50 bits per heavy atom. The highest BCUT2D eigenvalue weighted by Gasteiger charge is 2.16. The second-order valence-electron chi connectivity index (χ2n) is 2.99. The van der Waals surface area contributed by atoms with Gasteiger partial charge in [0.05, 0.1) is 0 Å². The topological polar surface area (TPSA) is 20.3 Å². The molecule has 0 radical (unpaired) electrons. The van der Waals surface area contributed by atoms with Crippen molar-refractivity contribution in [3.8, 4) is 0 Å². The van der Waals surface area contributed by atoms with Crippen LogP contribution in [0.4, 0.5) is 0 Å². The van der Waals surface area contributed by atoms with Crippen LogP contribution in [-0.4, -0.2) is 30.3 Å². The van der Waals surface area contributed by atoms with Crippen molar-refractivity contribution < 1.29 is 4.79 Å². The molecule has 0 amide bonds. The Balaban J connectivity index is 2.24. The zero-order chi connectivity index (χ0) is 7.40. The van der Waals surface area contributed by atoms with Crippen LogP contribution in [0.1, 0.15) is 26.2 Å². The summed E-state index contributed by atoms with van der Waals surface area (Å²) in [5.74, 6) is 0. The predicted molar refractivity (Wildman–Crippen MR) is 41.0 cm³/mol. The van der Waals surface area contributed by atoms with Gasteiger partial charge in [-0.2, -0.15) is 0 Å². The first-order valence-electron chi connectivity index (χ1n) is 4.02. The smallest absolute Gasteiger partial charge is 0.121 e. The Labute approximate surface area is 62.2 Å². The summed E-state index contributed by atoms with van der Waals surface area (Å²) in [6.45, 7) is 4.50. The van der Waals surface area contributed by atoms with Crippen LogP contribution in [0.15, 0.2) is 0 Å². The fourth-order valence-corrected chi connectivity index (χ4v) is 1.47. The largest absolute Gasteiger partial charge is 0.303 e. The third-order valence-corrected chi connectivity index (χ3v) is 2.20. The molecule has 1 heterocycles. The molecule has 0 aromatic heterocycles. The highest BCUT2D eigenvalue weighted by Crippen LogP contribution is 2.12. The first kappa shape index (κ1) is 7.73. The van der Waals surface area contributed by atoms with Crippen molar-refractivity contribution in [1.29, 1.82) is 0 Å². The first-order chi connectivity index (χ1) is 4.84. The molecule has 0 aromatic rings. The van der Waals surface area contributed by atoms with Crippen molar-refractivity contribution in [2.24, 2.45) is 0 Å². The number of aldehydes is 1. The lowest BCUT2D eigenvalue weighted by Crippen LogP contribution is -2.30. The van der Waals surface area contributed by atoms with E-state index in [1.165, 1.54) is 25.9 Å². The van der Waals surface area contributed by atoms with E-state index in [9.17, 15) is 4.79 Å². The molecule has 0 aliphatic carbocycles. The van der Waals surface area contributed by atoms with Gasteiger partial charge in [-0.15, -0.1) is 0 Å². The maximum Gasteiger partial charge on any atom is 0.121 e. The maximum absolute atomic E-state index is 10.1. The third-order valence-electron chi connectivity index (χ3n) is 2.20. The monoisotopic (exact) mass is 141 g/mol. The van der Waals surface area contributed by atoms with Crippen LogP contribution in [0.25, 0.3) is 0 Å². The third kappa shape index (κ3) is 1.81. The van der Waals surface area contributed by atoms with Gasteiger partial charge in [0.2, 0.25) is 0 Å². The summed E-state index contributed by atoms with van der Waals surface area (Å²) < 4.78 is 0. The Hall–Kier alpha value is -0.370. The molecule has 0 N–H and O–H groups in total. The summed E-state index contributed by atoms with van der Waals surface area (Å²) >= 11 is 0. The lowest BCUT2D eigenvalue weighted by Gasteiger charge is -2.20. The highest BCUT2D eigenvalue weighted by molar-refractivity contribution is 5.50. The summed E-state index contributed by atoms with van der Waals surface area (Å²) in [5.41, 5.74) is 0. The summed E-state index contributed by atoms with van der Waals surface area (Å²) in [4.78, 5) is 12.5. The van der Waals surface area contributed by atoms with Crippen LogP contribution < -0.4 is 0 Å². The number of nitrogens with zero attached hydrogens (tertiary/aromatic N) is 1. The van der Waals surface area contributed by atoms with Gasteiger partial charge in [0.15, 0.2) is 0 Å². The number of hydrogen-bond donors (Lipinski definition) is 0. The Morgan fingerprint density at radius 2 is 2.10 bits per heavy atom. The number of hydrogen-bond acceptors (Lipinski definition) is 2. The normalized spacial score (nSPS) is 22.9. The SMILES string of the molecule is CC(CC=O)N1CCCC1. The number of likely N-dealkylation sites (tertiary alicyclic amines) is 1. The summed E-state index contributed by atoms with van der Waals surface area (Å²) in [7, 11) is 0. The second kappa shape index (κ2) is 3.71. The molecule has 0 bridgehead atoms. The second-order valence-corrected chi connectivity index (χ2v) is 2.99. The first-order valence-corrected chi connectivity index (χ1v) is 4.02. The van der Waals surface area contributed by atoms with E-state index in [4.69, 9.17) is 0 Å². The van der Waals surface area contributed by atoms with Gasteiger partial charge in [-0.25, -0.2) is 0 Å². The van der Waals surface area contributed by atoms with E-state index >= 15 is 0 Å². The van der Waals surface area contributed by atoms with Crippen molar-refractivity contribution in [2.45, 2.75) is 32.2 Å². The zero-order valence-corrected chi connectivity index (χ0v) is 6.55. The summed E-state index contributed by atoms with van der Waals surface area (Å²) in [5, 5.41) is 0. The van der Waals surface area contributed by atoms with Gasteiger partial charge in [-0.05, 0) is 32.9 Å². The molecule has 2 heteroatoms. The van der Waals surface area contributed by atoms with Crippen molar-refractivity contribution in [3.63, 3.8) is 0 Å². The Bertz CT molecular complexity index is 108. The summed E-state index contributed by atoms with van der Waals surface area (Å²) in [6.07, 6.45) is 4.33. The van der Waals surface area contributed by atoms with E-state index in [1.54, 1.807) is 0 Å². The predicted octanol–water partition coefficient (Wildman–Crippen LogP) is 1.06. The van der Waals surface area contributed by atoms with Crippen molar-refractivity contribution >= 4 is 6.29 Å². The standard InChI is InChI=1S/C8H15NO/c1-8(4-7-10)9-5-2-3-6-9/h7-8H,2-6H2,1H3. The van der Waals surface area contributed by atoms with E-state index in [0.717, 1.165) is 6.29 Å². The van der Waals surface area contributed by atoms with Crippen molar-refractivity contribution in [3.05, 3.63) is 0 Å². The molecule has 0 aromatic carbocycles. The number of carbonyl (C=O) groups is 1. The average Bonchev–Trinajstić information content (AvgIpc) is 2.38. The molecule has 58 valence electrons. The van der Waals surface area contributed by atoms with E-state index in [1.807, 2.05) is 0 Å². The molecule has 1 saturated heterocycles. The van der Waals surface area contributed by atoms with Crippen LogP contribution >= 0.6 is 0 Å². The maximum atomic E-state index is 10.1. The molecule has 2 nitrogen and oxygen atoms in total. The minimum atomic E-state index is 0.472. The van der Waals surface area contributed by atoms with Gasteiger partial charge in [-0.1, -0.05) is 0 Å². The van der Waals surface area contributed by atoms with Gasteiger partial charge in [-0.3, -0.25) is 0 Å².